The molecule has 1 aromatic rings. The Labute approximate surface area is 126 Å². The summed E-state index contributed by atoms with van der Waals surface area (Å²) in [6.45, 7) is 2.95. The highest BCUT2D eigenvalue weighted by Crippen LogP contribution is 2.30. The van der Waals surface area contributed by atoms with Crippen LogP contribution in [0.2, 0.25) is 0 Å². The van der Waals surface area contributed by atoms with Crippen molar-refractivity contribution in [3.8, 4) is 0 Å². The maximum absolute atomic E-state index is 12.6. The summed E-state index contributed by atoms with van der Waals surface area (Å²) >= 11 is 0. The lowest BCUT2D eigenvalue weighted by molar-refractivity contribution is 0.263. The molecule has 0 aromatic carbocycles. The molecular formula is C15H24N2O3S. The zero-order valence-corrected chi connectivity index (χ0v) is 13.6. The highest BCUT2D eigenvalue weighted by atomic mass is 32.2. The Balaban J connectivity index is 1.70. The third kappa shape index (κ3) is 3.33. The van der Waals surface area contributed by atoms with Crippen LogP contribution in [0.1, 0.15) is 43.6 Å². The number of furan rings is 1. The zero-order valence-electron chi connectivity index (χ0n) is 12.8. The first kappa shape index (κ1) is 15.1. The van der Waals surface area contributed by atoms with Crippen LogP contribution in [-0.2, 0) is 16.6 Å². The van der Waals surface area contributed by atoms with Crippen molar-refractivity contribution in [3.63, 3.8) is 0 Å². The second kappa shape index (κ2) is 5.74. The average molecular weight is 312 g/mol. The number of hydrogen-bond donors (Lipinski definition) is 1. The van der Waals surface area contributed by atoms with Crippen molar-refractivity contribution in [1.82, 2.24) is 9.62 Å². The maximum Gasteiger partial charge on any atom is 0.246 e. The lowest BCUT2D eigenvalue weighted by Crippen LogP contribution is -2.34. The molecule has 6 heteroatoms. The van der Waals surface area contributed by atoms with Crippen molar-refractivity contribution in [2.24, 2.45) is 5.92 Å². The summed E-state index contributed by atoms with van der Waals surface area (Å²) in [6.07, 6.45) is 5.91. The van der Waals surface area contributed by atoms with Crippen LogP contribution < -0.4 is 5.32 Å². The number of aryl methyl sites for hydroxylation is 1. The summed E-state index contributed by atoms with van der Waals surface area (Å²) in [5.41, 5.74) is 0. The molecule has 118 valence electrons. The molecule has 1 aromatic heterocycles. The fraction of sp³-hybridized carbons (Fsp3) is 0.733. The minimum atomic E-state index is -3.43. The van der Waals surface area contributed by atoms with Gasteiger partial charge in [-0.25, -0.2) is 12.7 Å². The molecule has 21 heavy (non-hydrogen) atoms. The van der Waals surface area contributed by atoms with Gasteiger partial charge in [-0.3, -0.25) is 0 Å². The van der Waals surface area contributed by atoms with Gasteiger partial charge in [-0.1, -0.05) is 6.42 Å². The predicted molar refractivity (Wildman–Crippen MR) is 80.5 cm³/mol. The molecule has 0 atom stereocenters. The Morgan fingerprint density at radius 1 is 1.33 bits per heavy atom. The van der Waals surface area contributed by atoms with Gasteiger partial charge in [0.2, 0.25) is 10.0 Å². The van der Waals surface area contributed by atoms with Gasteiger partial charge >= 0.3 is 0 Å². The predicted octanol–water partition coefficient (Wildman–Crippen LogP) is 2.26. The summed E-state index contributed by atoms with van der Waals surface area (Å²) in [7, 11) is -1.76. The minimum absolute atomic E-state index is 0.317. The minimum Gasteiger partial charge on any atom is -0.464 e. The van der Waals surface area contributed by atoms with Gasteiger partial charge < -0.3 is 9.73 Å². The molecule has 0 spiro atoms. The largest absolute Gasteiger partial charge is 0.464 e. The Morgan fingerprint density at radius 2 is 2.05 bits per heavy atom. The molecule has 1 N–H and O–H groups in total. The van der Waals surface area contributed by atoms with E-state index in [4.69, 9.17) is 4.42 Å². The fourth-order valence-electron chi connectivity index (χ4n) is 2.70. The van der Waals surface area contributed by atoms with E-state index in [1.807, 2.05) is 0 Å². The molecule has 2 aliphatic carbocycles. The lowest BCUT2D eigenvalue weighted by Gasteiger charge is -2.29. The molecular weight excluding hydrogens is 288 g/mol. The van der Waals surface area contributed by atoms with Crippen LogP contribution >= 0.6 is 0 Å². The Bertz CT molecular complexity index is 600. The first-order valence-corrected chi connectivity index (χ1v) is 9.20. The third-order valence-corrected chi connectivity index (χ3v) is 6.42. The van der Waals surface area contributed by atoms with E-state index in [-0.39, 0.29) is 0 Å². The van der Waals surface area contributed by atoms with Crippen LogP contribution in [0.4, 0.5) is 0 Å². The fourth-order valence-corrected chi connectivity index (χ4v) is 4.13. The van der Waals surface area contributed by atoms with Gasteiger partial charge in [0.05, 0.1) is 6.54 Å². The van der Waals surface area contributed by atoms with E-state index in [2.05, 4.69) is 5.32 Å². The third-order valence-electron chi connectivity index (χ3n) is 4.49. The van der Waals surface area contributed by atoms with E-state index in [1.54, 1.807) is 20.0 Å². The van der Waals surface area contributed by atoms with Crippen molar-refractivity contribution in [2.45, 2.75) is 56.5 Å². The summed E-state index contributed by atoms with van der Waals surface area (Å²) in [5.74, 6) is 1.71. The summed E-state index contributed by atoms with van der Waals surface area (Å²) in [4.78, 5) is 0.317. The normalized spacial score (nSPS) is 20.0. The van der Waals surface area contributed by atoms with Gasteiger partial charge in [0.25, 0.3) is 0 Å². The Morgan fingerprint density at radius 3 is 2.62 bits per heavy atom. The van der Waals surface area contributed by atoms with Crippen LogP contribution in [0.5, 0.6) is 0 Å². The van der Waals surface area contributed by atoms with Crippen LogP contribution in [-0.4, -0.2) is 32.4 Å². The Kier molecular flexibility index (Phi) is 4.12. The molecule has 0 bridgehead atoms. The lowest BCUT2D eigenvalue weighted by atomic mass is 9.86. The first-order chi connectivity index (χ1) is 9.96. The van der Waals surface area contributed by atoms with Crippen LogP contribution in [0, 0.1) is 12.8 Å². The maximum atomic E-state index is 12.6. The first-order valence-electron chi connectivity index (χ1n) is 7.76. The number of sulfonamides is 1. The number of rotatable bonds is 7. The molecule has 0 radical (unpaired) electrons. The molecule has 0 amide bonds. The topological polar surface area (TPSA) is 62.6 Å². The van der Waals surface area contributed by atoms with Crippen LogP contribution in [0.15, 0.2) is 15.4 Å². The van der Waals surface area contributed by atoms with E-state index in [0.29, 0.717) is 41.5 Å². The van der Waals surface area contributed by atoms with Crippen LogP contribution in [0.25, 0.3) is 0 Å². The Hall–Kier alpha value is -0.850. The molecule has 1 heterocycles. The van der Waals surface area contributed by atoms with Gasteiger partial charge in [-0.05, 0) is 38.5 Å². The summed E-state index contributed by atoms with van der Waals surface area (Å²) < 4.78 is 32.4. The second-order valence-electron chi connectivity index (χ2n) is 6.37. The summed E-state index contributed by atoms with van der Waals surface area (Å²) in [5, 5.41) is 3.34. The van der Waals surface area contributed by atoms with Gasteiger partial charge in [-0.2, -0.15) is 0 Å². The van der Waals surface area contributed by atoms with Crippen LogP contribution in [0.3, 0.4) is 0 Å². The van der Waals surface area contributed by atoms with E-state index in [9.17, 15) is 8.42 Å². The number of hydrogen-bond acceptors (Lipinski definition) is 4. The van der Waals surface area contributed by atoms with Crippen molar-refractivity contribution in [3.05, 3.63) is 17.6 Å². The molecule has 2 saturated carbocycles. The quantitative estimate of drug-likeness (QED) is 0.839. The highest BCUT2D eigenvalue weighted by Gasteiger charge is 2.30. The van der Waals surface area contributed by atoms with Crippen molar-refractivity contribution >= 4 is 10.0 Å². The molecule has 0 aliphatic heterocycles. The summed E-state index contributed by atoms with van der Waals surface area (Å²) in [6, 6.07) is 2.26. The van der Waals surface area contributed by atoms with Gasteiger partial charge in [0.1, 0.15) is 16.4 Å². The van der Waals surface area contributed by atoms with Crippen molar-refractivity contribution in [2.75, 3.05) is 13.6 Å². The molecule has 0 saturated heterocycles. The van der Waals surface area contributed by atoms with Gasteiger partial charge in [0, 0.05) is 25.7 Å². The highest BCUT2D eigenvalue weighted by molar-refractivity contribution is 7.89. The van der Waals surface area contributed by atoms with E-state index < -0.39 is 10.0 Å². The monoisotopic (exact) mass is 312 g/mol. The average Bonchev–Trinajstić information content (AvgIpc) is 3.13. The molecule has 2 fully saturated rings. The SMILES string of the molecule is Cc1oc(CNC2CC2)cc1S(=O)(=O)N(C)CC1CCC1. The molecule has 0 unspecified atom stereocenters. The van der Waals surface area contributed by atoms with E-state index in [1.165, 1.54) is 23.6 Å². The van der Waals surface area contributed by atoms with Gasteiger partial charge in [0.15, 0.2) is 0 Å². The molecule has 5 nitrogen and oxygen atoms in total. The zero-order chi connectivity index (χ0) is 15.0. The standard InChI is InChI=1S/C15H24N2O3S/c1-11-15(8-14(20-11)9-16-13-6-7-13)21(18,19)17(2)10-12-4-3-5-12/h8,12-13,16H,3-7,9-10H2,1-2H3. The number of nitrogens with one attached hydrogen (secondary N) is 1. The van der Waals surface area contributed by atoms with E-state index in [0.717, 1.165) is 12.8 Å². The molecule has 3 rings (SSSR count). The van der Waals surface area contributed by atoms with Crippen molar-refractivity contribution in [1.29, 1.82) is 0 Å². The second-order valence-corrected chi connectivity index (χ2v) is 8.38. The molecule has 2 aliphatic rings. The van der Waals surface area contributed by atoms with Crippen molar-refractivity contribution < 1.29 is 12.8 Å². The van der Waals surface area contributed by atoms with Gasteiger partial charge in [-0.15, -0.1) is 0 Å². The number of nitrogens with zero attached hydrogens (tertiary/aromatic N) is 1. The smallest absolute Gasteiger partial charge is 0.246 e. The van der Waals surface area contributed by atoms with E-state index >= 15 is 0 Å².